The van der Waals surface area contributed by atoms with E-state index in [-0.39, 0.29) is 11.7 Å². The molecule has 7 heteroatoms. The summed E-state index contributed by atoms with van der Waals surface area (Å²) in [7, 11) is -2.94. The molecule has 0 spiro atoms. The molecule has 2 aromatic rings. The molecule has 3 rings (SSSR count). The largest absolute Gasteiger partial charge is 0.356 e. The molecule has 1 N–H and O–H groups in total. The number of aryl methyl sites for hydroxylation is 1. The SMILES string of the molecule is Cc1nc(Nc2ccccc2)cc(N2CCC(CS(C)(=O)=O)C2)n1. The molecule has 1 aliphatic rings. The average Bonchev–Trinajstić information content (AvgIpc) is 2.94. The van der Waals surface area contributed by atoms with Gasteiger partial charge in [-0.2, -0.15) is 0 Å². The topological polar surface area (TPSA) is 75.2 Å². The Kier molecular flexibility index (Phi) is 4.71. The molecule has 6 nitrogen and oxygen atoms in total. The Morgan fingerprint density at radius 3 is 2.71 bits per heavy atom. The highest BCUT2D eigenvalue weighted by Crippen LogP contribution is 2.26. The minimum atomic E-state index is -2.94. The fourth-order valence-electron chi connectivity index (χ4n) is 3.05. The Bertz CT molecular complexity index is 809. The first-order valence-corrected chi connectivity index (χ1v) is 10.1. The Hall–Kier alpha value is -2.15. The number of nitrogens with zero attached hydrogens (tertiary/aromatic N) is 3. The van der Waals surface area contributed by atoms with Gasteiger partial charge in [0.05, 0.1) is 5.75 Å². The van der Waals surface area contributed by atoms with Crippen LogP contribution >= 0.6 is 0 Å². The van der Waals surface area contributed by atoms with Crippen molar-refractivity contribution < 1.29 is 8.42 Å². The van der Waals surface area contributed by atoms with Crippen molar-refractivity contribution in [3.05, 3.63) is 42.2 Å². The Morgan fingerprint density at radius 2 is 2.00 bits per heavy atom. The number of hydrogen-bond donors (Lipinski definition) is 1. The van der Waals surface area contributed by atoms with Gasteiger partial charge < -0.3 is 10.2 Å². The van der Waals surface area contributed by atoms with Crippen molar-refractivity contribution in [3.8, 4) is 0 Å². The quantitative estimate of drug-likeness (QED) is 0.896. The van der Waals surface area contributed by atoms with E-state index in [4.69, 9.17) is 0 Å². The number of rotatable bonds is 5. The van der Waals surface area contributed by atoms with Crippen LogP contribution in [0.2, 0.25) is 0 Å². The lowest BCUT2D eigenvalue weighted by Crippen LogP contribution is -2.23. The van der Waals surface area contributed by atoms with Gasteiger partial charge in [-0.25, -0.2) is 18.4 Å². The molecular weight excluding hydrogens is 324 g/mol. The molecule has 24 heavy (non-hydrogen) atoms. The molecule has 1 aromatic carbocycles. The van der Waals surface area contributed by atoms with Crippen molar-refractivity contribution in [2.45, 2.75) is 13.3 Å². The zero-order valence-electron chi connectivity index (χ0n) is 13.9. The lowest BCUT2D eigenvalue weighted by atomic mass is 10.2. The molecule has 1 unspecified atom stereocenters. The summed E-state index contributed by atoms with van der Waals surface area (Å²) in [4.78, 5) is 11.1. The lowest BCUT2D eigenvalue weighted by Gasteiger charge is -2.19. The van der Waals surface area contributed by atoms with Crippen LogP contribution < -0.4 is 10.2 Å². The number of nitrogens with one attached hydrogen (secondary N) is 1. The van der Waals surface area contributed by atoms with Crippen molar-refractivity contribution >= 4 is 27.2 Å². The van der Waals surface area contributed by atoms with E-state index in [0.717, 1.165) is 30.3 Å². The lowest BCUT2D eigenvalue weighted by molar-refractivity contribution is 0.577. The highest BCUT2D eigenvalue weighted by atomic mass is 32.2. The fourth-order valence-corrected chi connectivity index (χ4v) is 4.18. The second-order valence-corrected chi connectivity index (χ2v) is 8.53. The molecule has 0 bridgehead atoms. The van der Waals surface area contributed by atoms with Gasteiger partial charge in [-0.15, -0.1) is 0 Å². The van der Waals surface area contributed by atoms with Gasteiger partial charge in [-0.1, -0.05) is 18.2 Å². The summed E-state index contributed by atoms with van der Waals surface area (Å²) < 4.78 is 23.0. The van der Waals surface area contributed by atoms with Crippen LogP contribution in [0.15, 0.2) is 36.4 Å². The van der Waals surface area contributed by atoms with E-state index >= 15 is 0 Å². The zero-order valence-corrected chi connectivity index (χ0v) is 14.8. The molecule has 0 amide bonds. The maximum absolute atomic E-state index is 11.5. The number of anilines is 3. The maximum atomic E-state index is 11.5. The molecule has 1 atom stereocenters. The second kappa shape index (κ2) is 6.76. The van der Waals surface area contributed by atoms with Crippen LogP contribution in [0, 0.1) is 12.8 Å². The molecular formula is C17H22N4O2S. The smallest absolute Gasteiger partial charge is 0.147 e. The molecule has 0 saturated carbocycles. The molecule has 1 aliphatic heterocycles. The van der Waals surface area contributed by atoms with Crippen molar-refractivity contribution in [1.82, 2.24) is 9.97 Å². The molecule has 1 aromatic heterocycles. The fraction of sp³-hybridized carbons (Fsp3) is 0.412. The number of hydrogen-bond acceptors (Lipinski definition) is 6. The first-order chi connectivity index (χ1) is 11.4. The minimum Gasteiger partial charge on any atom is -0.356 e. The summed E-state index contributed by atoms with van der Waals surface area (Å²) in [5.41, 5.74) is 0.970. The van der Waals surface area contributed by atoms with Crippen molar-refractivity contribution in [1.29, 1.82) is 0 Å². The molecule has 0 radical (unpaired) electrons. The Morgan fingerprint density at radius 1 is 1.25 bits per heavy atom. The highest BCUT2D eigenvalue weighted by molar-refractivity contribution is 7.90. The number of benzene rings is 1. The van der Waals surface area contributed by atoms with Gasteiger partial charge in [0, 0.05) is 31.1 Å². The van der Waals surface area contributed by atoms with E-state index in [1.807, 2.05) is 43.3 Å². The molecule has 128 valence electrons. The van der Waals surface area contributed by atoms with Crippen molar-refractivity contribution in [3.63, 3.8) is 0 Å². The van der Waals surface area contributed by atoms with Gasteiger partial charge in [0.25, 0.3) is 0 Å². The van der Waals surface area contributed by atoms with E-state index in [0.29, 0.717) is 12.4 Å². The highest BCUT2D eigenvalue weighted by Gasteiger charge is 2.26. The monoisotopic (exact) mass is 346 g/mol. The van der Waals surface area contributed by atoms with E-state index in [9.17, 15) is 8.42 Å². The van der Waals surface area contributed by atoms with Crippen LogP contribution in [0.25, 0.3) is 0 Å². The third kappa shape index (κ3) is 4.44. The van der Waals surface area contributed by atoms with Gasteiger partial charge in [-0.05, 0) is 31.4 Å². The van der Waals surface area contributed by atoms with Crippen LogP contribution in [-0.2, 0) is 9.84 Å². The van der Waals surface area contributed by atoms with E-state index < -0.39 is 9.84 Å². The third-order valence-electron chi connectivity index (χ3n) is 4.02. The standard InChI is InChI=1S/C17H22N4O2S/c1-13-18-16(20-15-6-4-3-5-7-15)10-17(19-13)21-9-8-14(11-21)12-24(2,22)23/h3-7,10,14H,8-9,11-12H2,1-2H3,(H,18,19,20). The normalized spacial score (nSPS) is 17.9. The summed E-state index contributed by atoms with van der Waals surface area (Å²) in [6.07, 6.45) is 2.17. The van der Waals surface area contributed by atoms with Gasteiger partial charge >= 0.3 is 0 Å². The summed E-state index contributed by atoms with van der Waals surface area (Å²) in [5.74, 6) is 2.69. The zero-order chi connectivity index (χ0) is 17.2. The first kappa shape index (κ1) is 16.7. The molecule has 2 heterocycles. The first-order valence-electron chi connectivity index (χ1n) is 7.99. The molecule has 1 saturated heterocycles. The van der Waals surface area contributed by atoms with Crippen LogP contribution in [0.1, 0.15) is 12.2 Å². The number of sulfone groups is 1. The predicted octanol–water partition coefficient (Wildman–Crippen LogP) is 2.40. The van der Waals surface area contributed by atoms with E-state index in [1.54, 1.807) is 0 Å². The van der Waals surface area contributed by atoms with Crippen LogP contribution in [0.4, 0.5) is 17.3 Å². The van der Waals surface area contributed by atoms with Gasteiger partial charge in [0.2, 0.25) is 0 Å². The minimum absolute atomic E-state index is 0.167. The molecule has 1 fully saturated rings. The Labute approximate surface area is 142 Å². The van der Waals surface area contributed by atoms with Gasteiger partial charge in [-0.3, -0.25) is 0 Å². The van der Waals surface area contributed by atoms with E-state index in [1.165, 1.54) is 6.26 Å². The summed E-state index contributed by atoms with van der Waals surface area (Å²) in [5, 5.41) is 3.28. The van der Waals surface area contributed by atoms with Crippen molar-refractivity contribution in [2.75, 3.05) is 35.3 Å². The van der Waals surface area contributed by atoms with Crippen molar-refractivity contribution in [2.24, 2.45) is 5.92 Å². The second-order valence-electron chi connectivity index (χ2n) is 6.34. The van der Waals surface area contributed by atoms with Crippen LogP contribution in [-0.4, -0.2) is 43.5 Å². The summed E-state index contributed by atoms with van der Waals surface area (Å²) in [6, 6.07) is 11.8. The predicted molar refractivity (Wildman–Crippen MR) is 96.5 cm³/mol. The summed E-state index contributed by atoms with van der Waals surface area (Å²) >= 11 is 0. The maximum Gasteiger partial charge on any atom is 0.147 e. The Balaban J connectivity index is 1.75. The summed E-state index contributed by atoms with van der Waals surface area (Å²) in [6.45, 7) is 3.40. The number of para-hydroxylation sites is 1. The number of aromatic nitrogens is 2. The van der Waals surface area contributed by atoms with Crippen LogP contribution in [0.3, 0.4) is 0 Å². The van der Waals surface area contributed by atoms with Gasteiger partial charge in [0.1, 0.15) is 27.3 Å². The van der Waals surface area contributed by atoms with E-state index in [2.05, 4.69) is 20.2 Å². The van der Waals surface area contributed by atoms with Crippen LogP contribution in [0.5, 0.6) is 0 Å². The third-order valence-corrected chi connectivity index (χ3v) is 5.10. The molecule has 0 aliphatic carbocycles. The van der Waals surface area contributed by atoms with Gasteiger partial charge in [0.15, 0.2) is 0 Å². The average molecular weight is 346 g/mol.